The molecule has 0 unspecified atom stereocenters. The molecule has 0 bridgehead atoms. The molecule has 1 aromatic heterocycles. The molecule has 5 nitrogen and oxygen atoms in total. The van der Waals surface area contributed by atoms with Crippen LogP contribution in [0.2, 0.25) is 0 Å². The van der Waals surface area contributed by atoms with Gasteiger partial charge in [-0.15, -0.1) is 10.2 Å². The molecular formula is C16H18N4O. The molecule has 1 aromatic carbocycles. The van der Waals surface area contributed by atoms with E-state index in [9.17, 15) is 0 Å². The lowest BCUT2D eigenvalue weighted by atomic mass is 9.94. The third kappa shape index (κ3) is 2.81. The van der Waals surface area contributed by atoms with Gasteiger partial charge in [-0.05, 0) is 17.5 Å². The summed E-state index contributed by atoms with van der Waals surface area (Å²) in [7, 11) is 0. The number of hydrogen-bond donors (Lipinski definition) is 0. The maximum Gasteiger partial charge on any atom is 0.233 e. The predicted octanol–water partition coefficient (Wildman–Crippen LogP) is 2.65. The third-order valence-corrected chi connectivity index (χ3v) is 3.93. The summed E-state index contributed by atoms with van der Waals surface area (Å²) in [5, 5.41) is 17.1. The first-order valence-electron chi connectivity index (χ1n) is 7.32. The number of nitrogens with zero attached hydrogens (tertiary/aromatic N) is 4. The average Bonchev–Trinajstić information content (AvgIpc) is 3.01. The SMILES string of the molecule is CCc1nnc([C@H]2Cc3ccccc3CN2CCC#N)o1. The Kier molecular flexibility index (Phi) is 3.98. The minimum absolute atomic E-state index is 0.0704. The van der Waals surface area contributed by atoms with Crippen LogP contribution in [0, 0.1) is 11.3 Å². The molecule has 0 spiro atoms. The number of rotatable bonds is 4. The molecule has 1 atom stereocenters. The van der Waals surface area contributed by atoms with Crippen molar-refractivity contribution in [2.75, 3.05) is 6.54 Å². The van der Waals surface area contributed by atoms with Crippen LogP contribution in [0.15, 0.2) is 28.7 Å². The third-order valence-electron chi connectivity index (χ3n) is 3.93. The van der Waals surface area contributed by atoms with Crippen LogP contribution >= 0.6 is 0 Å². The van der Waals surface area contributed by atoms with Crippen LogP contribution in [0.25, 0.3) is 0 Å². The smallest absolute Gasteiger partial charge is 0.233 e. The van der Waals surface area contributed by atoms with Crippen LogP contribution in [0.5, 0.6) is 0 Å². The molecule has 108 valence electrons. The summed E-state index contributed by atoms with van der Waals surface area (Å²) in [5.74, 6) is 1.34. The lowest BCUT2D eigenvalue weighted by Gasteiger charge is -2.34. The highest BCUT2D eigenvalue weighted by Crippen LogP contribution is 2.32. The Morgan fingerprint density at radius 2 is 2.14 bits per heavy atom. The van der Waals surface area contributed by atoms with Gasteiger partial charge in [0.25, 0.3) is 0 Å². The first kappa shape index (κ1) is 13.8. The van der Waals surface area contributed by atoms with E-state index >= 15 is 0 Å². The van der Waals surface area contributed by atoms with Crippen molar-refractivity contribution in [2.45, 2.75) is 38.8 Å². The van der Waals surface area contributed by atoms with Crippen LogP contribution < -0.4 is 0 Å². The Labute approximate surface area is 124 Å². The molecule has 5 heteroatoms. The van der Waals surface area contributed by atoms with Gasteiger partial charge in [0.15, 0.2) is 0 Å². The molecule has 1 aliphatic rings. The number of nitriles is 1. The quantitative estimate of drug-likeness (QED) is 0.862. The van der Waals surface area contributed by atoms with E-state index in [1.165, 1.54) is 11.1 Å². The fourth-order valence-electron chi connectivity index (χ4n) is 2.79. The molecular weight excluding hydrogens is 264 g/mol. The van der Waals surface area contributed by atoms with Crippen molar-refractivity contribution in [3.63, 3.8) is 0 Å². The van der Waals surface area contributed by atoms with Gasteiger partial charge < -0.3 is 4.42 Å². The number of aryl methyl sites for hydroxylation is 1. The van der Waals surface area contributed by atoms with Crippen LogP contribution in [-0.2, 0) is 19.4 Å². The second kappa shape index (κ2) is 6.06. The van der Waals surface area contributed by atoms with Gasteiger partial charge in [-0.2, -0.15) is 5.26 Å². The molecule has 0 aliphatic carbocycles. The summed E-state index contributed by atoms with van der Waals surface area (Å²) in [6.45, 7) is 3.55. The summed E-state index contributed by atoms with van der Waals surface area (Å²) < 4.78 is 5.75. The summed E-state index contributed by atoms with van der Waals surface area (Å²) in [6, 6.07) is 10.7. The van der Waals surface area contributed by atoms with E-state index in [1.807, 2.05) is 6.92 Å². The highest BCUT2D eigenvalue weighted by molar-refractivity contribution is 5.30. The zero-order valence-corrected chi connectivity index (χ0v) is 12.1. The monoisotopic (exact) mass is 282 g/mol. The first-order chi connectivity index (χ1) is 10.3. The van der Waals surface area contributed by atoms with E-state index in [-0.39, 0.29) is 6.04 Å². The Morgan fingerprint density at radius 1 is 1.33 bits per heavy atom. The number of fused-ring (bicyclic) bond motifs is 1. The van der Waals surface area contributed by atoms with E-state index in [0.717, 1.165) is 25.9 Å². The van der Waals surface area contributed by atoms with Gasteiger partial charge in [0, 0.05) is 25.9 Å². The Bertz CT molecular complexity index is 658. The minimum atomic E-state index is 0.0704. The summed E-state index contributed by atoms with van der Waals surface area (Å²) in [4.78, 5) is 2.26. The van der Waals surface area contributed by atoms with Gasteiger partial charge in [0.2, 0.25) is 11.8 Å². The van der Waals surface area contributed by atoms with E-state index in [4.69, 9.17) is 9.68 Å². The molecule has 0 N–H and O–H groups in total. The van der Waals surface area contributed by atoms with Crippen LogP contribution in [0.3, 0.4) is 0 Å². The van der Waals surface area contributed by atoms with Crippen LogP contribution in [-0.4, -0.2) is 21.6 Å². The van der Waals surface area contributed by atoms with Crippen molar-refractivity contribution in [1.29, 1.82) is 5.26 Å². The molecule has 0 saturated carbocycles. The zero-order valence-electron chi connectivity index (χ0n) is 12.1. The molecule has 0 fully saturated rings. The van der Waals surface area contributed by atoms with Crippen molar-refractivity contribution in [3.8, 4) is 6.07 Å². The fourth-order valence-corrected chi connectivity index (χ4v) is 2.79. The molecule has 3 rings (SSSR count). The van der Waals surface area contributed by atoms with Crippen molar-refractivity contribution >= 4 is 0 Å². The standard InChI is InChI=1S/C16H18N4O/c1-2-15-18-19-16(21-15)14-10-12-6-3-4-7-13(12)11-20(14)9-5-8-17/h3-4,6-7,14H,2,5,9-11H2,1H3/t14-/m1/s1. The van der Waals surface area contributed by atoms with Gasteiger partial charge in [0.1, 0.15) is 0 Å². The Hall–Kier alpha value is -2.19. The molecule has 2 heterocycles. The minimum Gasteiger partial charge on any atom is -0.424 e. The molecule has 0 saturated heterocycles. The van der Waals surface area contributed by atoms with Crippen molar-refractivity contribution < 1.29 is 4.42 Å². The maximum absolute atomic E-state index is 8.86. The van der Waals surface area contributed by atoms with Crippen molar-refractivity contribution in [2.24, 2.45) is 0 Å². The second-order valence-electron chi connectivity index (χ2n) is 5.25. The van der Waals surface area contributed by atoms with Gasteiger partial charge in [-0.25, -0.2) is 0 Å². The Balaban J connectivity index is 1.90. The second-order valence-corrected chi connectivity index (χ2v) is 5.25. The average molecular weight is 282 g/mol. The molecule has 0 radical (unpaired) electrons. The van der Waals surface area contributed by atoms with Crippen molar-refractivity contribution in [1.82, 2.24) is 15.1 Å². The topological polar surface area (TPSA) is 66.0 Å². The van der Waals surface area contributed by atoms with E-state index in [0.29, 0.717) is 18.2 Å². The molecule has 2 aromatic rings. The highest BCUT2D eigenvalue weighted by atomic mass is 16.4. The van der Waals surface area contributed by atoms with Gasteiger partial charge in [-0.1, -0.05) is 31.2 Å². The highest BCUT2D eigenvalue weighted by Gasteiger charge is 2.30. The summed E-state index contributed by atoms with van der Waals surface area (Å²) >= 11 is 0. The zero-order chi connectivity index (χ0) is 14.7. The van der Waals surface area contributed by atoms with E-state index in [1.54, 1.807) is 0 Å². The van der Waals surface area contributed by atoms with E-state index in [2.05, 4.69) is 45.4 Å². The largest absolute Gasteiger partial charge is 0.424 e. The molecule has 0 amide bonds. The lowest BCUT2D eigenvalue weighted by molar-refractivity contribution is 0.148. The van der Waals surface area contributed by atoms with Gasteiger partial charge >= 0.3 is 0 Å². The van der Waals surface area contributed by atoms with Crippen molar-refractivity contribution in [3.05, 3.63) is 47.2 Å². The fraction of sp³-hybridized carbons (Fsp3) is 0.438. The predicted molar refractivity (Wildman–Crippen MR) is 77.2 cm³/mol. The number of hydrogen-bond acceptors (Lipinski definition) is 5. The number of benzene rings is 1. The van der Waals surface area contributed by atoms with Gasteiger partial charge in [0.05, 0.1) is 12.1 Å². The van der Waals surface area contributed by atoms with Crippen LogP contribution in [0.4, 0.5) is 0 Å². The normalized spacial score (nSPS) is 18.2. The first-order valence-corrected chi connectivity index (χ1v) is 7.32. The number of aromatic nitrogens is 2. The summed E-state index contributed by atoms with van der Waals surface area (Å²) in [5.41, 5.74) is 2.65. The maximum atomic E-state index is 8.86. The van der Waals surface area contributed by atoms with E-state index < -0.39 is 0 Å². The lowest BCUT2D eigenvalue weighted by Crippen LogP contribution is -2.35. The molecule has 1 aliphatic heterocycles. The van der Waals surface area contributed by atoms with Gasteiger partial charge in [-0.3, -0.25) is 4.90 Å². The molecule has 21 heavy (non-hydrogen) atoms. The Morgan fingerprint density at radius 3 is 2.86 bits per heavy atom. The summed E-state index contributed by atoms with van der Waals surface area (Å²) in [6.07, 6.45) is 2.11. The van der Waals surface area contributed by atoms with Crippen LogP contribution in [0.1, 0.15) is 42.3 Å².